The van der Waals surface area contributed by atoms with Crippen molar-refractivity contribution in [2.75, 3.05) is 39.8 Å². The average Bonchev–Trinajstić information content (AvgIpc) is 3.57. The first kappa shape index (κ1) is 33.8. The van der Waals surface area contributed by atoms with Gasteiger partial charge < -0.3 is 43.3 Å². The first-order valence-electron chi connectivity index (χ1n) is 14.5. The number of allylic oxidation sites excluding steroid dienone is 5. The van der Waals surface area contributed by atoms with Crippen LogP contribution in [0.1, 0.15) is 58.8 Å². The number of fused-ring (bicyclic) bond motifs is 2. The van der Waals surface area contributed by atoms with Crippen LogP contribution in [0.2, 0.25) is 0 Å². The highest BCUT2D eigenvalue weighted by Crippen LogP contribution is 2.46. The van der Waals surface area contributed by atoms with Crippen molar-refractivity contribution in [2.24, 2.45) is 0 Å². The molecule has 7 nitrogen and oxygen atoms in total. The number of benzene rings is 2. The zero-order valence-electron chi connectivity index (χ0n) is 26.0. The predicted octanol–water partition coefficient (Wildman–Crippen LogP) is 4.20. The molecule has 2 aliphatic rings. The number of anilines is 1. The topological polar surface area (TPSA) is 63.0 Å². The fourth-order valence-electron chi connectivity index (χ4n) is 5.75. The summed E-state index contributed by atoms with van der Waals surface area (Å²) in [5, 5.41) is 2.29. The van der Waals surface area contributed by atoms with Crippen LogP contribution < -0.4 is 33.4 Å². The predicted molar refractivity (Wildman–Crippen MR) is 175 cm³/mol. The Morgan fingerprint density at radius 1 is 0.977 bits per heavy atom. The molecule has 44 heavy (non-hydrogen) atoms. The second-order valence-corrected chi connectivity index (χ2v) is 12.7. The van der Waals surface area contributed by atoms with Gasteiger partial charge in [-0.2, -0.15) is 4.57 Å². The fraction of sp³-hybridized carbons (Fsp3) is 0.324. The van der Waals surface area contributed by atoms with E-state index in [-0.39, 0.29) is 35.9 Å². The summed E-state index contributed by atoms with van der Waals surface area (Å²) in [6, 6.07) is 11.5. The number of aryl methyl sites for hydroxylation is 1. The van der Waals surface area contributed by atoms with Gasteiger partial charge in [-0.15, -0.1) is 0 Å². The average molecular weight is 744 g/mol. The van der Waals surface area contributed by atoms with Gasteiger partial charge in [-0.3, -0.25) is 0 Å². The van der Waals surface area contributed by atoms with Crippen molar-refractivity contribution in [3.8, 4) is 0 Å². The molecule has 0 saturated heterocycles. The molecule has 2 aromatic carbocycles. The number of nitrogens with zero attached hydrogens (tertiary/aromatic N) is 3. The van der Waals surface area contributed by atoms with Crippen molar-refractivity contribution >= 4 is 57.0 Å². The number of carbonyl (C=O) groups is 2. The van der Waals surface area contributed by atoms with Gasteiger partial charge >= 0.3 is 11.9 Å². The van der Waals surface area contributed by atoms with Crippen molar-refractivity contribution < 1.29 is 47.6 Å². The number of ether oxygens (including phenoxy) is 2. The summed E-state index contributed by atoms with van der Waals surface area (Å²) in [7, 11) is 7.05. The van der Waals surface area contributed by atoms with Gasteiger partial charge in [-0.1, -0.05) is 29.2 Å². The Morgan fingerprint density at radius 2 is 1.68 bits per heavy atom. The maximum absolute atomic E-state index is 12.1. The molecule has 0 fully saturated rings. The molecule has 0 unspecified atom stereocenters. The quantitative estimate of drug-likeness (QED) is 0.195. The van der Waals surface area contributed by atoms with E-state index in [9.17, 15) is 9.59 Å². The number of methoxy groups -OCH3 is 2. The lowest BCUT2D eigenvalue weighted by atomic mass is 9.90. The third-order valence-electron chi connectivity index (χ3n) is 7.74. The normalized spacial score (nSPS) is 16.5. The summed E-state index contributed by atoms with van der Waals surface area (Å²) in [4.78, 5) is 29.9. The number of likely N-dealkylation sites (N-methyl/N-ethyl adjacent to an activating group) is 1. The van der Waals surface area contributed by atoms with Gasteiger partial charge in [-0.05, 0) is 86.7 Å². The monoisotopic (exact) mass is 743 g/mol. The number of hydrogen-bond donors (Lipinski definition) is 0. The van der Waals surface area contributed by atoms with Crippen LogP contribution in [0.5, 0.6) is 0 Å². The number of aromatic nitrogens is 1. The molecule has 5 rings (SSSR count). The van der Waals surface area contributed by atoms with E-state index in [0.717, 1.165) is 63.2 Å². The molecule has 10 heteroatoms. The summed E-state index contributed by atoms with van der Waals surface area (Å²) in [5.74, 6) is -0.643. The Labute approximate surface area is 284 Å². The summed E-state index contributed by atoms with van der Waals surface area (Å²) < 4.78 is 13.3. The van der Waals surface area contributed by atoms with Crippen LogP contribution >= 0.6 is 23.1 Å². The van der Waals surface area contributed by atoms with E-state index in [1.165, 1.54) is 31.1 Å². The highest BCUT2D eigenvalue weighted by Gasteiger charge is 2.26. The minimum absolute atomic E-state index is 0. The molecule has 0 bridgehead atoms. The number of thiazole rings is 1. The van der Waals surface area contributed by atoms with Crippen molar-refractivity contribution in [3.63, 3.8) is 0 Å². The smallest absolute Gasteiger partial charge is 0.338 e. The molecule has 0 spiro atoms. The number of rotatable bonds is 8. The lowest BCUT2D eigenvalue weighted by Gasteiger charge is -2.27. The van der Waals surface area contributed by atoms with Gasteiger partial charge in [-0.25, -0.2) is 9.59 Å². The summed E-state index contributed by atoms with van der Waals surface area (Å²) in [5.41, 5.74) is 7.10. The van der Waals surface area contributed by atoms with Gasteiger partial charge in [0.05, 0.1) is 36.1 Å². The van der Waals surface area contributed by atoms with Gasteiger partial charge in [0, 0.05) is 43.4 Å². The lowest BCUT2D eigenvalue weighted by molar-refractivity contribution is -0.665. The number of esters is 2. The second kappa shape index (κ2) is 14.8. The second-order valence-electron chi connectivity index (χ2n) is 10.5. The van der Waals surface area contributed by atoms with Gasteiger partial charge in [0.15, 0.2) is 0 Å². The van der Waals surface area contributed by atoms with Crippen LogP contribution in [0, 0.1) is 0 Å². The fourth-order valence-corrected chi connectivity index (χ4v) is 7.96. The van der Waals surface area contributed by atoms with E-state index in [2.05, 4.69) is 66.6 Å². The van der Waals surface area contributed by atoms with Crippen molar-refractivity contribution in [1.29, 1.82) is 0 Å². The Bertz CT molecular complexity index is 1700. The Kier molecular flexibility index (Phi) is 11.4. The lowest BCUT2D eigenvalue weighted by Crippen LogP contribution is -3.00. The van der Waals surface area contributed by atoms with E-state index in [4.69, 9.17) is 9.47 Å². The Balaban J connectivity index is 0.00000442. The van der Waals surface area contributed by atoms with E-state index >= 15 is 0 Å². The van der Waals surface area contributed by atoms with Crippen LogP contribution in [0.4, 0.5) is 5.69 Å². The molecule has 0 saturated carbocycles. The summed E-state index contributed by atoms with van der Waals surface area (Å²) >= 11 is 3.46. The maximum atomic E-state index is 12.1. The van der Waals surface area contributed by atoms with Gasteiger partial charge in [0.1, 0.15) is 11.2 Å². The molecule has 0 radical (unpaired) electrons. The summed E-state index contributed by atoms with van der Waals surface area (Å²) in [6.07, 6.45) is 12.1. The maximum Gasteiger partial charge on any atom is 0.338 e. The van der Waals surface area contributed by atoms with Crippen molar-refractivity contribution in [3.05, 3.63) is 92.6 Å². The molecule has 0 N–H and O–H groups in total. The van der Waals surface area contributed by atoms with Crippen LogP contribution in [0.3, 0.4) is 0 Å². The molecule has 1 aromatic heterocycles. The molecular weight excluding hydrogens is 705 g/mol. The van der Waals surface area contributed by atoms with Gasteiger partial charge in [0.2, 0.25) is 5.52 Å². The van der Waals surface area contributed by atoms with Crippen LogP contribution in [0.15, 0.2) is 81.4 Å². The van der Waals surface area contributed by atoms with Gasteiger partial charge in [0.25, 0.3) is 5.01 Å². The van der Waals surface area contributed by atoms with Crippen LogP contribution in [0.25, 0.3) is 16.3 Å². The number of carbonyl (C=O) groups excluding carboxylic acids is 2. The molecule has 0 atom stereocenters. The molecular formula is C34H38IN3O4S2. The Morgan fingerprint density at radius 3 is 2.34 bits per heavy atom. The molecule has 232 valence electrons. The van der Waals surface area contributed by atoms with E-state index in [1.54, 1.807) is 23.1 Å². The zero-order valence-corrected chi connectivity index (χ0v) is 29.8. The first-order chi connectivity index (χ1) is 20.8. The minimum Gasteiger partial charge on any atom is -1.00 e. The zero-order chi connectivity index (χ0) is 30.7. The molecule has 2 heterocycles. The number of thioether (sulfide) groups is 1. The van der Waals surface area contributed by atoms with Crippen LogP contribution in [-0.2, 0) is 16.0 Å². The van der Waals surface area contributed by atoms with Crippen molar-refractivity contribution in [2.45, 2.75) is 44.6 Å². The third kappa shape index (κ3) is 6.77. The van der Waals surface area contributed by atoms with E-state index in [1.807, 2.05) is 36.4 Å². The molecule has 3 aromatic rings. The molecule has 1 aliphatic heterocycles. The highest BCUT2D eigenvalue weighted by atomic mass is 127. The summed E-state index contributed by atoms with van der Waals surface area (Å²) in [6.45, 7) is 5.86. The standard InChI is InChI=1S/C34H38N3O4S2.HI/c1-7-36-26-20-24(33(38)40-5)12-16-28(26)42-30(36)18-14-22-10-9-11-23(32(22)35(3)4)15-19-31-37(8-2)27-21-25(34(39)41-6)13-17-29(27)43-31;/h12-21H,7-11H2,1-6H3;1H/q+1;/p-1. The molecule has 0 amide bonds. The number of halogens is 1. The highest BCUT2D eigenvalue weighted by molar-refractivity contribution is 8.03. The SMILES string of the molecule is CCN1/C(=C/C=C2/CCCC(/C=C/c3sc4ccc(C(=O)OC)cc4[n+]3CC)=C2N(C)C)Sc2ccc(C(=O)OC)cc21.[I-]. The minimum atomic E-state index is -0.321. The van der Waals surface area contributed by atoms with Crippen LogP contribution in [-0.4, -0.2) is 51.7 Å². The first-order valence-corrected chi connectivity index (χ1v) is 16.1. The number of hydrogen-bond acceptors (Lipinski definition) is 8. The third-order valence-corrected chi connectivity index (χ3v) is 10.00. The van der Waals surface area contributed by atoms with E-state index in [0.29, 0.717) is 11.1 Å². The molecule has 1 aliphatic carbocycles. The van der Waals surface area contributed by atoms with E-state index < -0.39 is 0 Å². The largest absolute Gasteiger partial charge is 1.00 e. The Hall–Kier alpha value is -3.09. The van der Waals surface area contributed by atoms with Crippen molar-refractivity contribution in [1.82, 2.24) is 4.90 Å².